The average Bonchev–Trinajstić information content (AvgIpc) is 2.84. The number of rotatable bonds is 4. The van der Waals surface area contributed by atoms with E-state index in [4.69, 9.17) is 10.5 Å². The average molecular weight is 240 g/mol. The maximum Gasteiger partial charge on any atom is 0.0929 e. The lowest BCUT2D eigenvalue weighted by Crippen LogP contribution is -2.37. The molecule has 0 radical (unpaired) electrons. The second-order valence-electron chi connectivity index (χ2n) is 5.02. The molecule has 1 unspecified atom stereocenters. The molecule has 0 amide bonds. The van der Waals surface area contributed by atoms with E-state index in [2.05, 4.69) is 24.2 Å². The molecular weight excluding hydrogens is 220 g/mol. The smallest absolute Gasteiger partial charge is 0.0929 e. The number of thiazole rings is 1. The summed E-state index contributed by atoms with van der Waals surface area (Å²) < 4.78 is 5.36. The van der Waals surface area contributed by atoms with Gasteiger partial charge >= 0.3 is 0 Å². The summed E-state index contributed by atoms with van der Waals surface area (Å²) in [4.78, 5) is 4.65. The molecule has 2 rings (SSSR count). The SMILES string of the molecule is CC(C)CCc1nc(C2(N)CCOC2)cs1. The fourth-order valence-electron chi connectivity index (χ4n) is 1.85. The topological polar surface area (TPSA) is 48.1 Å². The van der Waals surface area contributed by atoms with E-state index in [1.807, 2.05) is 0 Å². The highest BCUT2D eigenvalue weighted by Gasteiger charge is 2.34. The van der Waals surface area contributed by atoms with Crippen LogP contribution in [-0.2, 0) is 16.7 Å². The predicted molar refractivity (Wildman–Crippen MR) is 66.6 cm³/mol. The zero-order valence-electron chi connectivity index (χ0n) is 10.0. The van der Waals surface area contributed by atoms with Crippen molar-refractivity contribution in [3.8, 4) is 0 Å². The van der Waals surface area contributed by atoms with Gasteiger partial charge in [-0.2, -0.15) is 0 Å². The number of nitrogens with zero attached hydrogens (tertiary/aromatic N) is 1. The lowest BCUT2D eigenvalue weighted by Gasteiger charge is -2.18. The van der Waals surface area contributed by atoms with Crippen LogP contribution < -0.4 is 5.73 Å². The first-order valence-electron chi connectivity index (χ1n) is 5.92. The summed E-state index contributed by atoms with van der Waals surface area (Å²) in [5.74, 6) is 0.731. The number of ether oxygens (including phenoxy) is 1. The second kappa shape index (κ2) is 4.82. The molecule has 1 aliphatic heterocycles. The number of aromatic nitrogens is 1. The molecule has 0 bridgehead atoms. The van der Waals surface area contributed by atoms with Crippen molar-refractivity contribution in [2.45, 2.75) is 38.6 Å². The second-order valence-corrected chi connectivity index (χ2v) is 5.96. The molecule has 16 heavy (non-hydrogen) atoms. The summed E-state index contributed by atoms with van der Waals surface area (Å²) in [5.41, 5.74) is 6.96. The van der Waals surface area contributed by atoms with E-state index in [9.17, 15) is 0 Å². The van der Waals surface area contributed by atoms with E-state index < -0.39 is 0 Å². The number of hydrogen-bond donors (Lipinski definition) is 1. The lowest BCUT2D eigenvalue weighted by atomic mass is 9.97. The van der Waals surface area contributed by atoms with Crippen LogP contribution in [0.2, 0.25) is 0 Å². The van der Waals surface area contributed by atoms with E-state index in [0.29, 0.717) is 6.61 Å². The van der Waals surface area contributed by atoms with Crippen LogP contribution in [0.1, 0.15) is 37.4 Å². The Morgan fingerprint density at radius 2 is 2.44 bits per heavy atom. The van der Waals surface area contributed by atoms with Crippen LogP contribution in [-0.4, -0.2) is 18.2 Å². The van der Waals surface area contributed by atoms with Gasteiger partial charge in [0.05, 0.1) is 22.8 Å². The minimum absolute atomic E-state index is 0.327. The molecule has 90 valence electrons. The molecule has 2 heterocycles. The van der Waals surface area contributed by atoms with Gasteiger partial charge in [0.2, 0.25) is 0 Å². The first-order valence-corrected chi connectivity index (χ1v) is 6.80. The van der Waals surface area contributed by atoms with Gasteiger partial charge in [0.1, 0.15) is 0 Å². The third kappa shape index (κ3) is 2.62. The van der Waals surface area contributed by atoms with Crippen LogP contribution in [0.4, 0.5) is 0 Å². The van der Waals surface area contributed by atoms with Crippen LogP contribution in [0.15, 0.2) is 5.38 Å². The number of aryl methyl sites for hydroxylation is 1. The quantitative estimate of drug-likeness (QED) is 0.878. The third-order valence-electron chi connectivity index (χ3n) is 3.05. The Balaban J connectivity index is 2.01. The standard InChI is InChI=1S/C12H20N2OS/c1-9(2)3-4-11-14-10(7-16-11)12(13)5-6-15-8-12/h7,9H,3-6,8,13H2,1-2H3. The number of nitrogens with two attached hydrogens (primary N) is 1. The molecule has 0 spiro atoms. The van der Waals surface area contributed by atoms with Gasteiger partial charge in [0.25, 0.3) is 0 Å². The zero-order chi connectivity index (χ0) is 11.6. The van der Waals surface area contributed by atoms with Crippen LogP contribution in [0.3, 0.4) is 0 Å². The van der Waals surface area contributed by atoms with Crippen molar-refractivity contribution in [3.05, 3.63) is 16.1 Å². The monoisotopic (exact) mass is 240 g/mol. The molecule has 1 saturated heterocycles. The van der Waals surface area contributed by atoms with E-state index in [0.717, 1.165) is 31.1 Å². The first-order chi connectivity index (χ1) is 7.60. The Morgan fingerprint density at radius 1 is 1.62 bits per heavy atom. The maximum absolute atomic E-state index is 6.27. The van der Waals surface area contributed by atoms with Gasteiger partial charge in [-0.25, -0.2) is 4.98 Å². The highest BCUT2D eigenvalue weighted by molar-refractivity contribution is 7.09. The van der Waals surface area contributed by atoms with Crippen molar-refractivity contribution in [2.24, 2.45) is 11.7 Å². The van der Waals surface area contributed by atoms with Gasteiger partial charge in [-0.1, -0.05) is 13.8 Å². The van der Waals surface area contributed by atoms with Gasteiger partial charge in [0, 0.05) is 12.0 Å². The molecule has 3 nitrogen and oxygen atoms in total. The summed E-state index contributed by atoms with van der Waals surface area (Å²) in [6, 6.07) is 0. The van der Waals surface area contributed by atoms with Crippen LogP contribution in [0, 0.1) is 5.92 Å². The van der Waals surface area contributed by atoms with E-state index in [1.165, 1.54) is 11.4 Å². The molecule has 1 aromatic heterocycles. The Labute approximate surface area is 101 Å². The highest BCUT2D eigenvalue weighted by Crippen LogP contribution is 2.29. The van der Waals surface area contributed by atoms with Gasteiger partial charge in [-0.3, -0.25) is 0 Å². The van der Waals surface area contributed by atoms with Gasteiger partial charge in [-0.05, 0) is 25.2 Å². The fraction of sp³-hybridized carbons (Fsp3) is 0.750. The first kappa shape index (κ1) is 12.0. The van der Waals surface area contributed by atoms with Crippen LogP contribution in [0.5, 0.6) is 0 Å². The van der Waals surface area contributed by atoms with Crippen molar-refractivity contribution >= 4 is 11.3 Å². The lowest BCUT2D eigenvalue weighted by molar-refractivity contribution is 0.177. The van der Waals surface area contributed by atoms with Crippen molar-refractivity contribution in [3.63, 3.8) is 0 Å². The summed E-state index contributed by atoms with van der Waals surface area (Å²) in [7, 11) is 0. The van der Waals surface area contributed by atoms with E-state index >= 15 is 0 Å². The molecule has 0 saturated carbocycles. The zero-order valence-corrected chi connectivity index (χ0v) is 10.8. The van der Waals surface area contributed by atoms with Crippen molar-refractivity contribution in [1.82, 2.24) is 4.98 Å². The Hall–Kier alpha value is -0.450. The Bertz CT molecular complexity index is 343. The Morgan fingerprint density at radius 3 is 3.06 bits per heavy atom. The molecule has 2 N–H and O–H groups in total. The molecule has 4 heteroatoms. The number of hydrogen-bond acceptors (Lipinski definition) is 4. The molecule has 1 aromatic rings. The molecular formula is C12H20N2OS. The van der Waals surface area contributed by atoms with Crippen molar-refractivity contribution in [2.75, 3.05) is 13.2 Å². The van der Waals surface area contributed by atoms with Gasteiger partial charge in [0.15, 0.2) is 0 Å². The summed E-state index contributed by atoms with van der Waals surface area (Å²) in [6.45, 7) is 5.85. The van der Waals surface area contributed by atoms with Crippen LogP contribution >= 0.6 is 11.3 Å². The van der Waals surface area contributed by atoms with E-state index in [-0.39, 0.29) is 5.54 Å². The minimum atomic E-state index is -0.327. The molecule has 0 aliphatic carbocycles. The summed E-state index contributed by atoms with van der Waals surface area (Å²) >= 11 is 1.73. The summed E-state index contributed by atoms with van der Waals surface area (Å²) in [6.07, 6.45) is 3.15. The molecule has 1 fully saturated rings. The normalized spacial score (nSPS) is 25.5. The Kier molecular flexibility index (Phi) is 3.62. The third-order valence-corrected chi connectivity index (χ3v) is 3.96. The minimum Gasteiger partial charge on any atom is -0.379 e. The molecule has 1 aliphatic rings. The van der Waals surface area contributed by atoms with Gasteiger partial charge < -0.3 is 10.5 Å². The highest BCUT2D eigenvalue weighted by atomic mass is 32.1. The molecule has 1 atom stereocenters. The van der Waals surface area contributed by atoms with E-state index in [1.54, 1.807) is 11.3 Å². The fourth-order valence-corrected chi connectivity index (χ4v) is 2.77. The van der Waals surface area contributed by atoms with Crippen molar-refractivity contribution < 1.29 is 4.74 Å². The molecule has 0 aromatic carbocycles. The summed E-state index contributed by atoms with van der Waals surface area (Å²) in [5, 5.41) is 3.31. The van der Waals surface area contributed by atoms with Crippen LogP contribution in [0.25, 0.3) is 0 Å². The van der Waals surface area contributed by atoms with Gasteiger partial charge in [-0.15, -0.1) is 11.3 Å². The predicted octanol–water partition coefficient (Wildman–Crippen LogP) is 2.31. The largest absolute Gasteiger partial charge is 0.379 e. The maximum atomic E-state index is 6.27. The van der Waals surface area contributed by atoms with Crippen molar-refractivity contribution in [1.29, 1.82) is 0 Å².